The third-order valence-corrected chi connectivity index (χ3v) is 7.85. The van der Waals surface area contributed by atoms with E-state index in [1.165, 1.54) is 6.07 Å². The number of rotatable bonds is 6. The number of carbonyl (C=O) groups is 2. The van der Waals surface area contributed by atoms with E-state index >= 15 is 0 Å². The van der Waals surface area contributed by atoms with Gasteiger partial charge in [-0.05, 0) is 62.0 Å². The van der Waals surface area contributed by atoms with Gasteiger partial charge in [0, 0.05) is 82.0 Å². The maximum absolute atomic E-state index is 13.1. The SMILES string of the molecule is Cc1cc(N2CCN(C)CC2)nc2ccc(NC(=O)CCC(=O)N3CCN(c4cccc(C(F)(F)F)c4)CC3)cc12. The number of alkyl halides is 3. The van der Waals surface area contributed by atoms with E-state index in [2.05, 4.69) is 28.2 Å². The van der Waals surface area contributed by atoms with Crippen molar-refractivity contribution >= 4 is 39.9 Å². The number of hydrogen-bond acceptors (Lipinski definition) is 6. The van der Waals surface area contributed by atoms with E-state index in [1.54, 1.807) is 11.0 Å². The number of benzene rings is 2. The van der Waals surface area contributed by atoms with Gasteiger partial charge >= 0.3 is 6.18 Å². The van der Waals surface area contributed by atoms with E-state index in [1.807, 2.05) is 30.0 Å². The number of fused-ring (bicyclic) bond motifs is 1. The lowest BCUT2D eigenvalue weighted by molar-refractivity contribution is -0.137. The topological polar surface area (TPSA) is 72.0 Å². The van der Waals surface area contributed by atoms with Crippen LogP contribution in [0, 0.1) is 6.92 Å². The Morgan fingerprint density at radius 3 is 2.29 bits per heavy atom. The first-order valence-corrected chi connectivity index (χ1v) is 13.9. The molecule has 41 heavy (non-hydrogen) atoms. The van der Waals surface area contributed by atoms with Crippen LogP contribution in [0.2, 0.25) is 0 Å². The van der Waals surface area contributed by atoms with Crippen molar-refractivity contribution in [3.05, 3.63) is 59.7 Å². The highest BCUT2D eigenvalue weighted by Gasteiger charge is 2.31. The molecule has 0 radical (unpaired) electrons. The van der Waals surface area contributed by atoms with Crippen molar-refractivity contribution < 1.29 is 22.8 Å². The lowest BCUT2D eigenvalue weighted by atomic mass is 10.1. The van der Waals surface area contributed by atoms with Gasteiger partial charge in [0.25, 0.3) is 0 Å². The van der Waals surface area contributed by atoms with Gasteiger partial charge in [0.15, 0.2) is 0 Å². The number of halogens is 3. The molecule has 8 nitrogen and oxygen atoms in total. The smallest absolute Gasteiger partial charge is 0.368 e. The molecule has 0 spiro atoms. The Bertz CT molecular complexity index is 1410. The summed E-state index contributed by atoms with van der Waals surface area (Å²) >= 11 is 0. The van der Waals surface area contributed by atoms with Crippen molar-refractivity contribution in [3.8, 4) is 0 Å². The summed E-state index contributed by atoms with van der Waals surface area (Å²) in [6.07, 6.45) is -4.28. The molecule has 0 atom stereocenters. The van der Waals surface area contributed by atoms with Gasteiger partial charge in [0.05, 0.1) is 11.1 Å². The fraction of sp³-hybridized carbons (Fsp3) is 0.433. The Hall–Kier alpha value is -3.86. The summed E-state index contributed by atoms with van der Waals surface area (Å²) in [5.41, 5.74) is 2.41. The summed E-state index contributed by atoms with van der Waals surface area (Å²) in [4.78, 5) is 38.4. The molecule has 5 rings (SSSR count). The van der Waals surface area contributed by atoms with Gasteiger partial charge in [0.1, 0.15) is 5.82 Å². The monoisotopic (exact) mass is 568 g/mol. The predicted molar refractivity (Wildman–Crippen MR) is 154 cm³/mol. The largest absolute Gasteiger partial charge is 0.416 e. The van der Waals surface area contributed by atoms with Crippen molar-refractivity contribution in [2.75, 3.05) is 74.5 Å². The van der Waals surface area contributed by atoms with Gasteiger partial charge in [-0.25, -0.2) is 4.98 Å². The first-order valence-electron chi connectivity index (χ1n) is 13.9. The lowest BCUT2D eigenvalue weighted by Crippen LogP contribution is -2.48. The average molecular weight is 569 g/mol. The van der Waals surface area contributed by atoms with E-state index in [0.29, 0.717) is 37.6 Å². The number of aryl methyl sites for hydroxylation is 1. The van der Waals surface area contributed by atoms with Crippen LogP contribution in [-0.2, 0) is 15.8 Å². The molecule has 1 N–H and O–H groups in total. The van der Waals surface area contributed by atoms with Crippen molar-refractivity contribution in [2.24, 2.45) is 0 Å². The first kappa shape index (κ1) is 28.7. The van der Waals surface area contributed by atoms with Crippen molar-refractivity contribution in [1.29, 1.82) is 0 Å². The molecular weight excluding hydrogens is 533 g/mol. The molecule has 0 saturated carbocycles. The molecule has 2 aliphatic heterocycles. The quantitative estimate of drug-likeness (QED) is 0.476. The Morgan fingerprint density at radius 1 is 0.878 bits per heavy atom. The zero-order valence-corrected chi connectivity index (χ0v) is 23.4. The highest BCUT2D eigenvalue weighted by molar-refractivity contribution is 5.96. The molecule has 0 aliphatic carbocycles. The molecule has 2 aromatic carbocycles. The van der Waals surface area contributed by atoms with Crippen molar-refractivity contribution in [1.82, 2.24) is 14.8 Å². The van der Waals surface area contributed by atoms with Crippen LogP contribution in [0.1, 0.15) is 24.0 Å². The Balaban J connectivity index is 1.12. The van der Waals surface area contributed by atoms with Crippen LogP contribution in [0.5, 0.6) is 0 Å². The summed E-state index contributed by atoms with van der Waals surface area (Å²) in [6.45, 7) is 7.57. The van der Waals surface area contributed by atoms with Crippen molar-refractivity contribution in [2.45, 2.75) is 25.9 Å². The number of anilines is 3. The summed E-state index contributed by atoms with van der Waals surface area (Å²) in [5.74, 6) is 0.577. The van der Waals surface area contributed by atoms with Gasteiger partial charge in [-0.3, -0.25) is 9.59 Å². The second-order valence-electron chi connectivity index (χ2n) is 10.8. The van der Waals surface area contributed by atoms with E-state index in [-0.39, 0.29) is 24.7 Å². The van der Waals surface area contributed by atoms with Crippen molar-refractivity contribution in [3.63, 3.8) is 0 Å². The molecule has 0 bridgehead atoms. The van der Waals surface area contributed by atoms with E-state index < -0.39 is 11.7 Å². The van der Waals surface area contributed by atoms with E-state index in [4.69, 9.17) is 4.98 Å². The molecular formula is C30H35F3N6O2. The number of likely N-dealkylation sites (N-methyl/N-ethyl adjacent to an activating group) is 1. The number of hydrogen-bond donors (Lipinski definition) is 1. The van der Waals surface area contributed by atoms with Crippen LogP contribution in [-0.4, -0.2) is 86.0 Å². The fourth-order valence-electron chi connectivity index (χ4n) is 5.35. The predicted octanol–water partition coefficient (Wildman–Crippen LogP) is 4.38. The van der Waals surface area contributed by atoms with Gasteiger partial charge in [-0.2, -0.15) is 13.2 Å². The van der Waals surface area contributed by atoms with Crippen LogP contribution in [0.4, 0.5) is 30.4 Å². The van der Waals surface area contributed by atoms with Gasteiger partial charge in [0.2, 0.25) is 11.8 Å². The van der Waals surface area contributed by atoms with Crippen LogP contribution >= 0.6 is 0 Å². The summed E-state index contributed by atoms with van der Waals surface area (Å²) in [6, 6.07) is 13.0. The molecule has 218 valence electrons. The zero-order valence-electron chi connectivity index (χ0n) is 23.4. The molecule has 2 fully saturated rings. The second kappa shape index (κ2) is 11.9. The highest BCUT2D eigenvalue weighted by atomic mass is 19.4. The Labute approximate surface area is 237 Å². The highest BCUT2D eigenvalue weighted by Crippen LogP contribution is 2.32. The molecule has 3 heterocycles. The Morgan fingerprint density at radius 2 is 1.59 bits per heavy atom. The minimum Gasteiger partial charge on any atom is -0.368 e. The third-order valence-electron chi connectivity index (χ3n) is 7.85. The summed E-state index contributed by atoms with van der Waals surface area (Å²) < 4.78 is 39.2. The number of pyridine rings is 1. The normalized spacial score (nSPS) is 16.8. The standard InChI is InChI=1S/C30H35F3N6O2/c1-21-18-27(38-12-10-36(2)11-13-38)35-26-7-6-23(20-25(21)26)34-28(40)8-9-29(41)39-16-14-37(15-17-39)24-5-3-4-22(19-24)30(31,32)33/h3-7,18-20H,8-17H2,1-2H3,(H,34,40). The molecule has 2 amide bonds. The lowest BCUT2D eigenvalue weighted by Gasteiger charge is -2.36. The maximum atomic E-state index is 13.1. The molecule has 0 unspecified atom stereocenters. The fourth-order valence-corrected chi connectivity index (χ4v) is 5.35. The number of carbonyl (C=O) groups excluding carboxylic acids is 2. The molecule has 2 saturated heterocycles. The maximum Gasteiger partial charge on any atom is 0.416 e. The molecule has 11 heteroatoms. The van der Waals surface area contributed by atoms with Crippen LogP contribution in [0.15, 0.2) is 48.5 Å². The average Bonchev–Trinajstić information content (AvgIpc) is 2.96. The first-order chi connectivity index (χ1) is 19.6. The molecule has 3 aromatic rings. The van der Waals surface area contributed by atoms with Gasteiger partial charge in [-0.15, -0.1) is 0 Å². The Kier molecular flexibility index (Phi) is 8.35. The van der Waals surface area contributed by atoms with Crippen LogP contribution < -0.4 is 15.1 Å². The van der Waals surface area contributed by atoms with Crippen LogP contribution in [0.3, 0.4) is 0 Å². The van der Waals surface area contributed by atoms with E-state index in [0.717, 1.165) is 60.6 Å². The number of amides is 2. The minimum absolute atomic E-state index is 0.0459. The molecule has 2 aliphatic rings. The number of nitrogens with one attached hydrogen (secondary N) is 1. The minimum atomic E-state index is -4.40. The zero-order chi connectivity index (χ0) is 29.1. The van der Waals surface area contributed by atoms with Gasteiger partial charge in [-0.1, -0.05) is 6.07 Å². The summed E-state index contributed by atoms with van der Waals surface area (Å²) in [7, 11) is 2.12. The van der Waals surface area contributed by atoms with Gasteiger partial charge < -0.3 is 24.9 Å². The number of aromatic nitrogens is 1. The van der Waals surface area contributed by atoms with Crippen LogP contribution in [0.25, 0.3) is 10.9 Å². The second-order valence-corrected chi connectivity index (χ2v) is 10.8. The van der Waals surface area contributed by atoms with E-state index in [9.17, 15) is 22.8 Å². The third kappa shape index (κ3) is 6.90. The number of piperazine rings is 2. The number of nitrogens with zero attached hydrogens (tertiary/aromatic N) is 5. The summed E-state index contributed by atoms with van der Waals surface area (Å²) in [5, 5.41) is 3.86. The molecule has 1 aromatic heterocycles.